The summed E-state index contributed by atoms with van der Waals surface area (Å²) in [7, 11) is 2.95. The van der Waals surface area contributed by atoms with Crippen LogP contribution in [0.5, 0.6) is 0 Å². The smallest absolute Gasteiger partial charge is 0.300 e. The van der Waals surface area contributed by atoms with Crippen LogP contribution in [0, 0.1) is 0 Å². The fraction of sp³-hybridized carbons (Fsp3) is 0.278. The van der Waals surface area contributed by atoms with Crippen molar-refractivity contribution in [2.45, 2.75) is 18.4 Å². The van der Waals surface area contributed by atoms with E-state index in [-0.39, 0.29) is 22.7 Å². The third-order valence-corrected chi connectivity index (χ3v) is 7.19. The maximum atomic E-state index is 12.8. The second-order valence-corrected chi connectivity index (χ2v) is 9.40. The molecule has 4 aromatic heterocycles. The van der Waals surface area contributed by atoms with Gasteiger partial charge in [-0.15, -0.1) is 21.5 Å². The first-order chi connectivity index (χ1) is 14.9. The van der Waals surface area contributed by atoms with Crippen molar-refractivity contribution >= 4 is 56.5 Å². The zero-order valence-electron chi connectivity index (χ0n) is 16.8. The van der Waals surface area contributed by atoms with E-state index in [0.29, 0.717) is 16.0 Å². The van der Waals surface area contributed by atoms with Gasteiger partial charge in [0.2, 0.25) is 11.0 Å². The molecule has 13 heteroatoms. The molecular formula is C18H17N7O3S3. The summed E-state index contributed by atoms with van der Waals surface area (Å²) in [5.74, 6) is 0.100. The lowest BCUT2D eigenvalue weighted by molar-refractivity contribution is -0.113. The van der Waals surface area contributed by atoms with Gasteiger partial charge in [0.05, 0.1) is 10.6 Å². The van der Waals surface area contributed by atoms with Crippen molar-refractivity contribution < 1.29 is 4.79 Å². The van der Waals surface area contributed by atoms with E-state index < -0.39 is 11.2 Å². The summed E-state index contributed by atoms with van der Waals surface area (Å²) in [5.41, 5.74) is -0.758. The number of amides is 1. The second kappa shape index (κ2) is 8.69. The molecule has 0 saturated heterocycles. The van der Waals surface area contributed by atoms with Gasteiger partial charge >= 0.3 is 5.69 Å². The summed E-state index contributed by atoms with van der Waals surface area (Å²) in [6, 6.07) is 3.72. The maximum absolute atomic E-state index is 12.8. The van der Waals surface area contributed by atoms with Gasteiger partial charge in [0.15, 0.2) is 11.5 Å². The molecule has 160 valence electrons. The Hall–Kier alpha value is -2.90. The van der Waals surface area contributed by atoms with Crippen LogP contribution < -0.4 is 16.6 Å². The number of hydrogen-bond donors (Lipinski definition) is 1. The highest BCUT2D eigenvalue weighted by atomic mass is 32.2. The number of anilines is 1. The molecule has 10 nitrogen and oxygen atoms in total. The molecule has 0 unspecified atom stereocenters. The van der Waals surface area contributed by atoms with E-state index in [2.05, 4.69) is 25.5 Å². The van der Waals surface area contributed by atoms with Gasteiger partial charge in [-0.2, -0.15) is 0 Å². The number of rotatable bonds is 6. The van der Waals surface area contributed by atoms with Gasteiger partial charge in [0.1, 0.15) is 15.4 Å². The van der Waals surface area contributed by atoms with Crippen LogP contribution in [0.2, 0.25) is 0 Å². The molecule has 4 heterocycles. The van der Waals surface area contributed by atoms with Crippen molar-refractivity contribution in [2.75, 3.05) is 11.1 Å². The van der Waals surface area contributed by atoms with E-state index in [1.54, 1.807) is 7.05 Å². The Bertz CT molecular complexity index is 1390. The minimum absolute atomic E-state index is 0.00300. The number of carbonyl (C=O) groups excluding carboxylic acids is 1. The molecule has 0 spiro atoms. The number of aryl methyl sites for hydroxylation is 2. The van der Waals surface area contributed by atoms with Crippen LogP contribution in [0.4, 0.5) is 5.13 Å². The van der Waals surface area contributed by atoms with E-state index in [1.165, 1.54) is 34.3 Å². The van der Waals surface area contributed by atoms with Crippen LogP contribution in [0.1, 0.15) is 11.9 Å². The molecule has 0 fully saturated rings. The molecule has 0 aliphatic carbocycles. The van der Waals surface area contributed by atoms with Crippen molar-refractivity contribution in [3.05, 3.63) is 43.4 Å². The first kappa shape index (κ1) is 21.3. The van der Waals surface area contributed by atoms with Gasteiger partial charge in [-0.1, -0.05) is 36.1 Å². The highest BCUT2D eigenvalue weighted by molar-refractivity contribution is 8.00. The average Bonchev–Trinajstić information content (AvgIpc) is 3.46. The molecule has 31 heavy (non-hydrogen) atoms. The number of hydrogen-bond acceptors (Lipinski definition) is 10. The lowest BCUT2D eigenvalue weighted by atomic mass is 10.3. The monoisotopic (exact) mass is 475 g/mol. The molecule has 0 saturated carbocycles. The van der Waals surface area contributed by atoms with Crippen molar-refractivity contribution in [1.29, 1.82) is 0 Å². The van der Waals surface area contributed by atoms with Crippen LogP contribution in [0.3, 0.4) is 0 Å². The number of nitrogens with one attached hydrogen (secondary N) is 1. The zero-order valence-corrected chi connectivity index (χ0v) is 19.2. The van der Waals surface area contributed by atoms with Gasteiger partial charge in [0, 0.05) is 14.1 Å². The lowest BCUT2D eigenvalue weighted by Crippen LogP contribution is -2.37. The van der Waals surface area contributed by atoms with Gasteiger partial charge in [-0.25, -0.2) is 14.8 Å². The lowest BCUT2D eigenvalue weighted by Gasteiger charge is -2.11. The number of thiophene rings is 1. The predicted octanol–water partition coefficient (Wildman–Crippen LogP) is 1.90. The van der Waals surface area contributed by atoms with E-state index in [0.717, 1.165) is 32.6 Å². The zero-order chi connectivity index (χ0) is 22.1. The van der Waals surface area contributed by atoms with E-state index in [9.17, 15) is 14.4 Å². The van der Waals surface area contributed by atoms with Crippen molar-refractivity contribution in [2.24, 2.45) is 14.1 Å². The van der Waals surface area contributed by atoms with Crippen molar-refractivity contribution in [3.63, 3.8) is 0 Å². The predicted molar refractivity (Wildman–Crippen MR) is 122 cm³/mol. The molecule has 4 aromatic rings. The van der Waals surface area contributed by atoms with Crippen LogP contribution >= 0.6 is 34.4 Å². The summed E-state index contributed by atoms with van der Waals surface area (Å²) in [6.45, 7) is 1.96. The Morgan fingerprint density at radius 2 is 2.00 bits per heavy atom. The quantitative estimate of drug-likeness (QED) is 0.331. The normalized spacial score (nSPS) is 11.2. The van der Waals surface area contributed by atoms with Gasteiger partial charge in [0.25, 0.3) is 5.56 Å². The molecule has 0 atom stereocenters. The summed E-state index contributed by atoms with van der Waals surface area (Å²) in [5, 5.41) is 14.3. The first-order valence-corrected chi connectivity index (χ1v) is 11.8. The van der Waals surface area contributed by atoms with E-state index >= 15 is 0 Å². The minimum atomic E-state index is -0.504. The first-order valence-electron chi connectivity index (χ1n) is 9.15. The molecule has 0 aliphatic heterocycles. The summed E-state index contributed by atoms with van der Waals surface area (Å²) in [6.07, 6.45) is 0.739. The van der Waals surface area contributed by atoms with Crippen LogP contribution in [-0.4, -0.2) is 41.0 Å². The molecule has 1 amide bonds. The summed E-state index contributed by atoms with van der Waals surface area (Å²) >= 11 is 3.87. The fourth-order valence-electron chi connectivity index (χ4n) is 2.79. The van der Waals surface area contributed by atoms with Crippen LogP contribution in [0.25, 0.3) is 21.7 Å². The Morgan fingerprint density at radius 3 is 2.68 bits per heavy atom. The summed E-state index contributed by atoms with van der Waals surface area (Å²) in [4.78, 5) is 47.5. The molecular weight excluding hydrogens is 458 g/mol. The topological polar surface area (TPSA) is 125 Å². The molecule has 0 aliphatic rings. The van der Waals surface area contributed by atoms with E-state index in [4.69, 9.17) is 0 Å². The molecule has 0 aromatic carbocycles. The molecule has 0 radical (unpaired) electrons. The fourth-order valence-corrected chi connectivity index (χ4v) is 4.95. The Morgan fingerprint density at radius 1 is 1.19 bits per heavy atom. The van der Waals surface area contributed by atoms with Crippen LogP contribution in [-0.2, 0) is 25.3 Å². The Balaban J connectivity index is 1.72. The standard InChI is InChI=1S/C18H17N7O3S3/c1-4-11-22-23-17(31-11)19-10(26)8-30-15-12-14(24(2)18(28)25(3)16(12)27)20-13(21-15)9-6-5-7-29-9/h5-7H,4,8H2,1-3H3,(H,19,23,26). The number of fused-ring (bicyclic) bond motifs is 1. The number of nitrogens with zero attached hydrogens (tertiary/aromatic N) is 6. The Labute approximate surface area is 188 Å². The highest BCUT2D eigenvalue weighted by Crippen LogP contribution is 2.28. The largest absolute Gasteiger partial charge is 0.332 e. The molecule has 0 bridgehead atoms. The molecule has 1 N–H and O–H groups in total. The van der Waals surface area contributed by atoms with Crippen molar-refractivity contribution in [3.8, 4) is 10.7 Å². The third kappa shape index (κ3) is 4.16. The Kier molecular flexibility index (Phi) is 5.98. The van der Waals surface area contributed by atoms with Crippen molar-refractivity contribution in [1.82, 2.24) is 29.3 Å². The van der Waals surface area contributed by atoms with Crippen LogP contribution in [0.15, 0.2) is 32.1 Å². The average molecular weight is 476 g/mol. The number of carbonyl (C=O) groups is 1. The van der Waals surface area contributed by atoms with E-state index in [1.807, 2.05) is 24.4 Å². The summed E-state index contributed by atoms with van der Waals surface area (Å²) < 4.78 is 2.32. The van der Waals surface area contributed by atoms with Gasteiger partial charge in [-0.05, 0) is 17.9 Å². The van der Waals surface area contributed by atoms with Gasteiger partial charge < -0.3 is 0 Å². The maximum Gasteiger partial charge on any atom is 0.332 e. The molecule has 4 rings (SSSR count). The number of thioether (sulfide) groups is 1. The van der Waals surface area contributed by atoms with Gasteiger partial charge in [-0.3, -0.25) is 24.0 Å². The minimum Gasteiger partial charge on any atom is -0.300 e. The second-order valence-electron chi connectivity index (χ2n) is 6.43. The SMILES string of the molecule is CCc1nnc(NC(=O)CSc2nc(-c3cccs3)nc3c2c(=O)n(C)c(=O)n3C)s1. The third-order valence-electron chi connectivity index (χ3n) is 4.36. The number of aromatic nitrogens is 6. The highest BCUT2D eigenvalue weighted by Gasteiger charge is 2.19.